The summed E-state index contributed by atoms with van der Waals surface area (Å²) in [4.78, 5) is 25.6. The van der Waals surface area contributed by atoms with Crippen LogP contribution in [0.2, 0.25) is 0 Å². The van der Waals surface area contributed by atoms with Crippen LogP contribution in [0.15, 0.2) is 52.6 Å². The van der Waals surface area contributed by atoms with Crippen molar-refractivity contribution in [3.05, 3.63) is 73.9 Å². The molecule has 2 aromatic carbocycles. The lowest BCUT2D eigenvalue weighted by molar-refractivity contribution is -0.384. The van der Waals surface area contributed by atoms with Gasteiger partial charge in [-0.1, -0.05) is 6.07 Å². The summed E-state index contributed by atoms with van der Waals surface area (Å²) < 4.78 is 6.51. The largest absolute Gasteiger partial charge is 0.488 e. The van der Waals surface area contributed by atoms with E-state index in [1.54, 1.807) is 43.3 Å². The maximum Gasteiger partial charge on any atom is 0.276 e. The van der Waals surface area contributed by atoms with Crippen molar-refractivity contribution >= 4 is 50.9 Å². The first-order chi connectivity index (χ1) is 13.3. The quantitative estimate of drug-likeness (QED) is 0.290. The minimum Gasteiger partial charge on any atom is -0.488 e. The van der Waals surface area contributed by atoms with Gasteiger partial charge in [0.1, 0.15) is 18.1 Å². The summed E-state index contributed by atoms with van der Waals surface area (Å²) in [7, 11) is 3.40. The van der Waals surface area contributed by atoms with E-state index in [1.165, 1.54) is 17.0 Å². The standard InChI is InChI=1S/C19H16BrN3O4S/c1-21-16(18(24)22(2)19(21)28)10-13-5-8-17(15(20)9-13)27-11-12-3-6-14(7-4-12)23(25)26/h3-10H,11H2,1-2H3/b16-10-. The Balaban J connectivity index is 1.72. The van der Waals surface area contributed by atoms with Crippen LogP contribution in [0.4, 0.5) is 5.69 Å². The Morgan fingerprint density at radius 2 is 1.86 bits per heavy atom. The molecule has 1 saturated heterocycles. The molecule has 1 fully saturated rings. The number of benzene rings is 2. The van der Waals surface area contributed by atoms with Gasteiger partial charge in [0, 0.05) is 26.2 Å². The van der Waals surface area contributed by atoms with Gasteiger partial charge in [-0.25, -0.2) is 0 Å². The highest BCUT2D eigenvalue weighted by Crippen LogP contribution is 2.29. The van der Waals surface area contributed by atoms with Crippen molar-refractivity contribution in [2.75, 3.05) is 14.1 Å². The summed E-state index contributed by atoms with van der Waals surface area (Å²) in [5, 5.41) is 11.2. The Morgan fingerprint density at radius 1 is 1.18 bits per heavy atom. The third-order valence-corrected chi connectivity index (χ3v) is 5.43. The predicted octanol–water partition coefficient (Wildman–Crippen LogP) is 3.97. The zero-order valence-corrected chi connectivity index (χ0v) is 17.5. The van der Waals surface area contributed by atoms with E-state index in [0.29, 0.717) is 16.6 Å². The van der Waals surface area contributed by atoms with Crippen molar-refractivity contribution in [2.24, 2.45) is 0 Å². The second kappa shape index (κ2) is 8.07. The molecule has 0 saturated carbocycles. The van der Waals surface area contributed by atoms with Crippen LogP contribution in [-0.2, 0) is 11.4 Å². The van der Waals surface area contributed by atoms with Gasteiger partial charge in [-0.05, 0) is 69.6 Å². The smallest absolute Gasteiger partial charge is 0.276 e. The lowest BCUT2D eigenvalue weighted by Gasteiger charge is -2.12. The first kappa shape index (κ1) is 20.0. The van der Waals surface area contributed by atoms with Crippen LogP contribution >= 0.6 is 28.1 Å². The van der Waals surface area contributed by atoms with E-state index in [2.05, 4.69) is 15.9 Å². The Bertz CT molecular complexity index is 991. The van der Waals surface area contributed by atoms with E-state index in [9.17, 15) is 14.9 Å². The van der Waals surface area contributed by atoms with E-state index < -0.39 is 4.92 Å². The molecule has 2 aromatic rings. The highest BCUT2D eigenvalue weighted by Gasteiger charge is 2.32. The number of halogens is 1. The van der Waals surface area contributed by atoms with Crippen LogP contribution in [0.5, 0.6) is 5.75 Å². The number of rotatable bonds is 5. The molecule has 0 spiro atoms. The number of nitro benzene ring substituents is 1. The number of amides is 1. The van der Waals surface area contributed by atoms with Gasteiger partial charge in [-0.3, -0.25) is 19.8 Å². The molecule has 28 heavy (non-hydrogen) atoms. The molecule has 0 atom stereocenters. The van der Waals surface area contributed by atoms with Crippen molar-refractivity contribution < 1.29 is 14.5 Å². The molecule has 0 aliphatic carbocycles. The number of non-ortho nitro benzene ring substituents is 1. The topological polar surface area (TPSA) is 75.9 Å². The lowest BCUT2D eigenvalue weighted by Crippen LogP contribution is -2.26. The van der Waals surface area contributed by atoms with Crippen LogP contribution in [0.1, 0.15) is 11.1 Å². The summed E-state index contributed by atoms with van der Waals surface area (Å²) in [6.45, 7) is 0.275. The summed E-state index contributed by atoms with van der Waals surface area (Å²) in [6, 6.07) is 11.7. The average Bonchev–Trinajstić information content (AvgIpc) is 2.85. The van der Waals surface area contributed by atoms with Crippen molar-refractivity contribution in [1.82, 2.24) is 9.80 Å². The molecular weight excluding hydrogens is 446 g/mol. The molecular formula is C19H16BrN3O4S. The molecule has 0 N–H and O–H groups in total. The van der Waals surface area contributed by atoms with E-state index in [-0.39, 0.29) is 18.2 Å². The Morgan fingerprint density at radius 3 is 2.39 bits per heavy atom. The number of ether oxygens (including phenoxy) is 1. The number of hydrogen-bond acceptors (Lipinski definition) is 5. The van der Waals surface area contributed by atoms with Crippen LogP contribution in [0.25, 0.3) is 6.08 Å². The normalized spacial score (nSPS) is 15.5. The molecule has 3 rings (SSSR count). The van der Waals surface area contributed by atoms with E-state index in [0.717, 1.165) is 15.6 Å². The fourth-order valence-corrected chi connectivity index (χ4v) is 3.34. The molecule has 9 heteroatoms. The summed E-state index contributed by atoms with van der Waals surface area (Å²) in [5.41, 5.74) is 2.18. The Hall–Kier alpha value is -2.78. The van der Waals surface area contributed by atoms with E-state index in [4.69, 9.17) is 17.0 Å². The summed E-state index contributed by atoms with van der Waals surface area (Å²) in [5.74, 6) is 0.473. The minimum atomic E-state index is -0.439. The van der Waals surface area contributed by atoms with Crippen molar-refractivity contribution in [3.63, 3.8) is 0 Å². The number of hydrogen-bond donors (Lipinski definition) is 0. The van der Waals surface area contributed by atoms with Gasteiger partial charge in [0.05, 0.1) is 9.40 Å². The lowest BCUT2D eigenvalue weighted by atomic mass is 10.1. The Labute approximate surface area is 175 Å². The predicted molar refractivity (Wildman–Crippen MR) is 113 cm³/mol. The number of carbonyl (C=O) groups excluding carboxylic acids is 1. The van der Waals surface area contributed by atoms with Crippen LogP contribution < -0.4 is 4.74 Å². The van der Waals surface area contributed by atoms with Gasteiger partial charge in [-0.15, -0.1) is 0 Å². The second-order valence-corrected chi connectivity index (χ2v) is 7.36. The molecule has 0 bridgehead atoms. The second-order valence-electron chi connectivity index (χ2n) is 6.14. The number of likely N-dealkylation sites (N-methyl/N-ethyl adjacent to an activating group) is 2. The molecule has 0 aromatic heterocycles. The van der Waals surface area contributed by atoms with Gasteiger partial charge >= 0.3 is 0 Å². The van der Waals surface area contributed by atoms with Crippen LogP contribution in [-0.4, -0.2) is 39.8 Å². The van der Waals surface area contributed by atoms with Gasteiger partial charge in [0.15, 0.2) is 5.11 Å². The number of nitrogens with zero attached hydrogens (tertiary/aromatic N) is 3. The molecule has 1 aliphatic rings. The molecule has 1 heterocycles. The first-order valence-electron chi connectivity index (χ1n) is 8.21. The molecule has 0 radical (unpaired) electrons. The number of nitro groups is 1. The van der Waals surface area contributed by atoms with Gasteiger partial charge in [0.2, 0.25) is 0 Å². The molecule has 7 nitrogen and oxygen atoms in total. The molecule has 1 amide bonds. The zero-order chi connectivity index (χ0) is 20.4. The van der Waals surface area contributed by atoms with Crippen molar-refractivity contribution in [2.45, 2.75) is 6.61 Å². The van der Waals surface area contributed by atoms with Gasteiger partial charge in [0.25, 0.3) is 11.6 Å². The van der Waals surface area contributed by atoms with Gasteiger partial charge in [-0.2, -0.15) is 0 Å². The fourth-order valence-electron chi connectivity index (χ4n) is 2.65. The molecule has 0 unspecified atom stereocenters. The number of carbonyl (C=O) groups is 1. The van der Waals surface area contributed by atoms with Gasteiger partial charge < -0.3 is 9.64 Å². The first-order valence-corrected chi connectivity index (χ1v) is 9.41. The van der Waals surface area contributed by atoms with Crippen LogP contribution in [0, 0.1) is 10.1 Å². The van der Waals surface area contributed by atoms with Crippen LogP contribution in [0.3, 0.4) is 0 Å². The maximum atomic E-state index is 12.3. The highest BCUT2D eigenvalue weighted by molar-refractivity contribution is 9.10. The summed E-state index contributed by atoms with van der Waals surface area (Å²) >= 11 is 8.68. The Kier molecular flexibility index (Phi) is 5.76. The monoisotopic (exact) mass is 461 g/mol. The third-order valence-electron chi connectivity index (χ3n) is 4.26. The third kappa shape index (κ3) is 4.05. The van der Waals surface area contributed by atoms with Crippen molar-refractivity contribution in [3.8, 4) is 5.75 Å². The summed E-state index contributed by atoms with van der Waals surface area (Å²) in [6.07, 6.45) is 1.77. The fraction of sp³-hybridized carbons (Fsp3) is 0.158. The van der Waals surface area contributed by atoms with Crippen molar-refractivity contribution in [1.29, 1.82) is 0 Å². The zero-order valence-electron chi connectivity index (χ0n) is 15.1. The van der Waals surface area contributed by atoms with E-state index >= 15 is 0 Å². The highest BCUT2D eigenvalue weighted by atomic mass is 79.9. The molecule has 1 aliphatic heterocycles. The molecule has 144 valence electrons. The maximum absolute atomic E-state index is 12.3. The van der Waals surface area contributed by atoms with E-state index in [1.807, 2.05) is 12.1 Å². The SMILES string of the molecule is CN1C(=O)/C(=C/c2ccc(OCc3ccc([N+](=O)[O-])cc3)c(Br)c2)N(C)C1=S. The number of thiocarbonyl (C=S) groups is 1. The minimum absolute atomic E-state index is 0.0406. The average molecular weight is 462 g/mol.